The first kappa shape index (κ1) is 47.2. The number of para-hydroxylation sites is 2. The minimum atomic E-state index is -1.59. The fourth-order valence-corrected chi connectivity index (χ4v) is 13.1. The number of ketones is 1. The van der Waals surface area contributed by atoms with Gasteiger partial charge in [-0.3, -0.25) is 4.79 Å². The maximum Gasteiger partial charge on any atom is 0.333 e. The molecule has 12 atom stereocenters. The van der Waals surface area contributed by atoms with Crippen LogP contribution in [0.2, 0.25) is 0 Å². The number of methoxy groups -OCH3 is 1. The highest BCUT2D eigenvalue weighted by Gasteiger charge is 2.86. The summed E-state index contributed by atoms with van der Waals surface area (Å²) in [5.74, 6) is -1.55. The Bertz CT molecular complexity index is 2880. The van der Waals surface area contributed by atoms with Crippen LogP contribution in [0.1, 0.15) is 118 Å². The molecule has 15 heteroatoms. The van der Waals surface area contributed by atoms with E-state index in [4.69, 9.17) is 47.9 Å². The van der Waals surface area contributed by atoms with Crippen molar-refractivity contribution in [3.63, 3.8) is 0 Å². The van der Waals surface area contributed by atoms with E-state index in [1.54, 1.807) is 26.8 Å². The summed E-state index contributed by atoms with van der Waals surface area (Å²) in [5, 5.41) is 23.8. The standard InChI is InChI=1S/C55H65N3O12/c1-27(2)15-14-22-53(10)23-21-31-43(68-53)30(19-18-28(3)4)45-37(44(31)66-49-42(60)41(59)46-35(65-49)26-64-52(8,9)67-46)39-38-40(58-34-17-13-12-16-33(34)56-50(58)57-39)32-25-36-51(6,7)70-54(47(32)61,55(36,38)69-45)24-20-29(5)48(62)63-11/h12-13,15-18,20-21,23,32,35-36,38,40-42,46,49,59-60H,14,19,22,24-26H2,1-11H3/t32?,35-,36?,38?,40?,41-,42-,46-,49+,53?,54?,55?/m1/s1. The molecular weight excluding hydrogens is 895 g/mol. The molecule has 3 saturated heterocycles. The zero-order valence-electron chi connectivity index (χ0n) is 42.0. The van der Waals surface area contributed by atoms with Gasteiger partial charge in [-0.1, -0.05) is 41.5 Å². The van der Waals surface area contributed by atoms with Gasteiger partial charge in [-0.2, -0.15) is 0 Å². The monoisotopic (exact) mass is 959 g/mol. The first-order valence-electron chi connectivity index (χ1n) is 24.8. The zero-order chi connectivity index (χ0) is 49.6. The van der Waals surface area contributed by atoms with E-state index < -0.39 is 82.7 Å². The van der Waals surface area contributed by atoms with Gasteiger partial charge in [0.05, 0.1) is 59.1 Å². The van der Waals surface area contributed by atoms with Crippen molar-refractivity contribution < 1.29 is 57.7 Å². The van der Waals surface area contributed by atoms with Crippen molar-refractivity contribution in [1.82, 2.24) is 9.55 Å². The number of carbonyl (C=O) groups excluding carboxylic acids is 2. The Morgan fingerprint density at radius 2 is 1.73 bits per heavy atom. The summed E-state index contributed by atoms with van der Waals surface area (Å²) in [4.78, 5) is 39.7. The molecule has 12 rings (SSSR count). The summed E-state index contributed by atoms with van der Waals surface area (Å²) < 4.78 is 55.7. The lowest BCUT2D eigenvalue weighted by Gasteiger charge is -2.64. The summed E-state index contributed by atoms with van der Waals surface area (Å²) in [7, 11) is 1.34. The number of aliphatic imine (C=N–C) groups is 1. The quantitative estimate of drug-likeness (QED) is 0.113. The summed E-state index contributed by atoms with van der Waals surface area (Å²) in [6.45, 7) is 19.6. The van der Waals surface area contributed by atoms with Crippen molar-refractivity contribution in [2.75, 3.05) is 13.7 Å². The van der Waals surface area contributed by atoms with Crippen LogP contribution < -0.4 is 14.2 Å². The average Bonchev–Trinajstić information content (AvgIpc) is 3.75. The summed E-state index contributed by atoms with van der Waals surface area (Å²) in [6, 6.07) is 7.34. The number of aliphatic hydroxyl groups excluding tert-OH is 2. The molecule has 7 unspecified atom stereocenters. The number of benzene rings is 2. The van der Waals surface area contributed by atoms with Crippen LogP contribution in [0, 0.1) is 17.8 Å². The number of hydrogen-bond donors (Lipinski definition) is 2. The Balaban J connectivity index is 1.20. The van der Waals surface area contributed by atoms with Crippen LogP contribution in [-0.2, 0) is 39.7 Å². The zero-order valence-corrected chi connectivity index (χ0v) is 42.0. The van der Waals surface area contributed by atoms with E-state index in [1.807, 2.05) is 64.1 Å². The van der Waals surface area contributed by atoms with Gasteiger partial charge in [-0.15, -0.1) is 0 Å². The van der Waals surface area contributed by atoms with Gasteiger partial charge >= 0.3 is 5.97 Å². The number of fused-ring (bicyclic) bond motifs is 7. The average molecular weight is 960 g/mol. The van der Waals surface area contributed by atoms with E-state index >= 15 is 4.79 Å². The van der Waals surface area contributed by atoms with Gasteiger partial charge in [0.25, 0.3) is 0 Å². The van der Waals surface area contributed by atoms with Gasteiger partial charge in [0.2, 0.25) is 12.2 Å². The Kier molecular flexibility index (Phi) is 10.9. The normalized spacial score (nSPS) is 35.5. The lowest BCUT2D eigenvalue weighted by Crippen LogP contribution is -2.79. The number of Topliss-reactive ketones (excluding diaryl/α,β-unsaturated/α-hetero) is 1. The fourth-order valence-electron chi connectivity index (χ4n) is 13.1. The van der Waals surface area contributed by atoms with E-state index in [0.717, 1.165) is 28.6 Å². The van der Waals surface area contributed by atoms with Crippen LogP contribution >= 0.6 is 0 Å². The molecule has 3 aromatic rings. The van der Waals surface area contributed by atoms with Crippen LogP contribution in [0.4, 0.5) is 5.95 Å². The van der Waals surface area contributed by atoms with Crippen LogP contribution in [-0.4, -0.2) is 110 Å². The number of aromatic nitrogens is 2. The summed E-state index contributed by atoms with van der Waals surface area (Å²) in [5.41, 5.74) is 1.94. The minimum absolute atomic E-state index is 0.0370. The number of esters is 1. The van der Waals surface area contributed by atoms with Crippen LogP contribution in [0.5, 0.6) is 17.2 Å². The Morgan fingerprint density at radius 3 is 2.47 bits per heavy atom. The van der Waals surface area contributed by atoms with Crippen molar-refractivity contribution in [1.29, 1.82) is 0 Å². The lowest BCUT2D eigenvalue weighted by atomic mass is 9.44. The molecule has 3 saturated carbocycles. The van der Waals surface area contributed by atoms with Crippen molar-refractivity contribution in [3.05, 3.63) is 82.0 Å². The summed E-state index contributed by atoms with van der Waals surface area (Å²) >= 11 is 0. The number of ether oxygens (including phenoxy) is 8. The second-order valence-corrected chi connectivity index (χ2v) is 22.2. The van der Waals surface area contributed by atoms with Gasteiger partial charge in [-0.05, 0) is 119 Å². The molecule has 3 aliphatic carbocycles. The molecule has 15 nitrogen and oxygen atoms in total. The van der Waals surface area contributed by atoms with E-state index in [1.165, 1.54) is 12.7 Å². The number of imidazole rings is 1. The van der Waals surface area contributed by atoms with Crippen LogP contribution in [0.15, 0.2) is 70.3 Å². The molecule has 372 valence electrons. The molecule has 2 N–H and O–H groups in total. The number of aliphatic hydroxyl groups is 2. The van der Waals surface area contributed by atoms with E-state index in [9.17, 15) is 15.0 Å². The third-order valence-corrected chi connectivity index (χ3v) is 16.2. The predicted octanol–water partition coefficient (Wildman–Crippen LogP) is 8.13. The maximum atomic E-state index is 16.0. The number of hydrogen-bond acceptors (Lipinski definition) is 14. The molecule has 7 heterocycles. The van der Waals surface area contributed by atoms with Crippen LogP contribution in [0.3, 0.4) is 0 Å². The molecule has 0 radical (unpaired) electrons. The summed E-state index contributed by atoms with van der Waals surface area (Å²) in [6.07, 6.45) is 6.39. The first-order valence-corrected chi connectivity index (χ1v) is 24.8. The second-order valence-electron chi connectivity index (χ2n) is 22.2. The Labute approximate surface area is 408 Å². The highest BCUT2D eigenvalue weighted by Crippen LogP contribution is 2.74. The third-order valence-electron chi connectivity index (χ3n) is 16.2. The Hall–Kier alpha value is -5.16. The molecule has 0 amide bonds. The van der Waals surface area contributed by atoms with E-state index in [-0.39, 0.29) is 30.5 Å². The number of rotatable bonds is 10. The number of allylic oxidation sites excluding steroid dienone is 4. The highest BCUT2D eigenvalue weighted by molar-refractivity contribution is 6.15. The van der Waals surface area contributed by atoms with Crippen molar-refractivity contribution in [2.24, 2.45) is 22.7 Å². The van der Waals surface area contributed by atoms with Crippen molar-refractivity contribution >= 4 is 40.5 Å². The highest BCUT2D eigenvalue weighted by atomic mass is 16.8. The van der Waals surface area contributed by atoms with Gasteiger partial charge < -0.3 is 52.7 Å². The molecule has 4 bridgehead atoms. The molecule has 1 spiro atoms. The van der Waals surface area contributed by atoms with E-state index in [2.05, 4.69) is 37.5 Å². The number of nitrogens with zero attached hydrogens (tertiary/aromatic N) is 3. The Morgan fingerprint density at radius 1 is 0.971 bits per heavy atom. The minimum Gasteiger partial charge on any atom is -0.482 e. The molecule has 1 aromatic heterocycles. The van der Waals surface area contributed by atoms with Crippen LogP contribution in [0.25, 0.3) is 17.1 Å². The molecule has 70 heavy (non-hydrogen) atoms. The maximum absolute atomic E-state index is 16.0. The molecule has 6 aliphatic heterocycles. The SMILES string of the molecule is COC(=O)C(C)=CCC12OC(C)(C)C3CC(C1=O)C1C4C(=Nc5nc6ccccc6n51)c1c(O[C@@H]5O[C@@H]6COC(C)(C)O[C@H]6[C@H](O)[C@H]5O)c5c(c(CC=C(C)C)c1OC432)OC(C)(CCC=C(C)C)C=C5. The third kappa shape index (κ3) is 6.81. The predicted molar refractivity (Wildman–Crippen MR) is 259 cm³/mol. The molecule has 6 fully saturated rings. The topological polar surface area (TPSA) is 179 Å². The smallest absolute Gasteiger partial charge is 0.333 e. The largest absolute Gasteiger partial charge is 0.482 e. The lowest BCUT2D eigenvalue weighted by molar-refractivity contribution is -0.373. The molecule has 2 aromatic carbocycles. The van der Waals surface area contributed by atoms with E-state index in [0.29, 0.717) is 59.1 Å². The van der Waals surface area contributed by atoms with Crippen molar-refractivity contribution in [3.8, 4) is 17.2 Å². The van der Waals surface area contributed by atoms with Gasteiger partial charge in [0, 0.05) is 29.4 Å². The van der Waals surface area contributed by atoms with Crippen molar-refractivity contribution in [2.45, 2.75) is 166 Å². The number of carbonyl (C=O) groups is 2. The second kappa shape index (κ2) is 16.2. The molecular formula is C55H65N3O12. The van der Waals surface area contributed by atoms with Gasteiger partial charge in [0.15, 0.2) is 22.8 Å². The van der Waals surface area contributed by atoms with Gasteiger partial charge in [0.1, 0.15) is 47.3 Å². The van der Waals surface area contributed by atoms with Gasteiger partial charge in [-0.25, -0.2) is 14.8 Å². The first-order chi connectivity index (χ1) is 33.1. The fraction of sp³-hybridized carbons (Fsp3) is 0.564. The molecule has 9 aliphatic rings.